The number of nitrogen functional groups attached to an aromatic ring is 2. The number of thiazole rings is 2. The first-order valence-corrected chi connectivity index (χ1v) is 9.37. The van der Waals surface area contributed by atoms with Crippen LogP contribution in [-0.2, 0) is 0 Å². The van der Waals surface area contributed by atoms with Crippen LogP contribution in [0.5, 0.6) is 0 Å². The number of hydrogen-bond acceptors (Lipinski definition) is 14. The zero-order chi connectivity index (χ0) is 18.7. The van der Waals surface area contributed by atoms with Crippen molar-refractivity contribution in [2.45, 2.75) is 0 Å². The molecule has 0 aliphatic carbocycles. The summed E-state index contributed by atoms with van der Waals surface area (Å²) in [6, 6.07) is 3.84. The van der Waals surface area contributed by atoms with Gasteiger partial charge in [-0.3, -0.25) is 0 Å². The second-order valence-electron chi connectivity index (χ2n) is 3.66. The zero-order valence-corrected chi connectivity index (χ0v) is 14.3. The zero-order valence-electron chi connectivity index (χ0n) is 11.1. The van der Waals surface area contributed by atoms with Crippen LogP contribution in [0.2, 0.25) is 0 Å². The summed E-state index contributed by atoms with van der Waals surface area (Å²) in [6.07, 6.45) is 0. The molecule has 0 bridgehead atoms. The molecule has 0 spiro atoms. The Balaban J connectivity index is 0.000000243. The van der Waals surface area contributed by atoms with Crippen LogP contribution in [0.15, 0.2) is 12.1 Å². The molecule has 0 saturated heterocycles. The molecular formula is C8H8Cl2N4O8S2. The second kappa shape index (κ2) is 7.83. The van der Waals surface area contributed by atoms with Crippen molar-refractivity contribution in [3.63, 3.8) is 0 Å². The van der Waals surface area contributed by atoms with Gasteiger partial charge >= 0.3 is 0 Å². The minimum Gasteiger partial charge on any atom is -0.375 e. The number of hydrogen-bond donors (Lipinski definition) is 4. The molecule has 16 heteroatoms. The molecular weight excluding hydrogens is 415 g/mol. The molecule has 1 aromatic carbocycles. The maximum atomic E-state index is 8.60. The molecule has 0 amide bonds. The molecule has 0 atom stereocenters. The monoisotopic (exact) mass is 422 g/mol. The first-order valence-electron chi connectivity index (χ1n) is 5.21. The quantitative estimate of drug-likeness (QED) is 0.263. The normalized spacial score (nSPS) is 11.7. The first-order chi connectivity index (χ1) is 10.7. The van der Waals surface area contributed by atoms with Gasteiger partial charge in [-0.25, -0.2) is 9.97 Å². The van der Waals surface area contributed by atoms with Crippen molar-refractivity contribution in [3.8, 4) is 0 Å². The van der Waals surface area contributed by atoms with Gasteiger partial charge in [-0.1, -0.05) is 22.7 Å². The molecule has 0 aliphatic rings. The Morgan fingerprint density at radius 1 is 0.750 bits per heavy atom. The third kappa shape index (κ3) is 8.11. The highest BCUT2D eigenvalue weighted by molar-refractivity contribution is 7.29. The maximum absolute atomic E-state index is 8.60. The Morgan fingerprint density at radius 3 is 1.25 bits per heavy atom. The van der Waals surface area contributed by atoms with E-state index in [4.69, 9.17) is 48.7 Å². The molecule has 6 N–H and O–H groups in total. The molecule has 0 fully saturated rings. The number of rotatable bonds is 0. The number of benzene rings is 1. The topological polar surface area (TPSA) is 257 Å². The fourth-order valence-corrected chi connectivity index (χ4v) is 3.19. The van der Waals surface area contributed by atoms with Crippen molar-refractivity contribution >= 4 is 53.4 Å². The number of anilines is 2. The van der Waals surface area contributed by atoms with E-state index in [0.29, 0.717) is 10.3 Å². The van der Waals surface area contributed by atoms with Gasteiger partial charge in [0.25, 0.3) is 0 Å². The lowest BCUT2D eigenvalue weighted by molar-refractivity contribution is -1.92. The Hall–Kier alpha value is -1.14. The van der Waals surface area contributed by atoms with Crippen molar-refractivity contribution in [2.24, 2.45) is 0 Å². The van der Waals surface area contributed by atoms with E-state index in [9.17, 15) is 0 Å². The van der Waals surface area contributed by atoms with E-state index in [2.05, 4.69) is 9.97 Å². The smallest absolute Gasteiger partial charge is 0.181 e. The van der Waals surface area contributed by atoms with Gasteiger partial charge in [0.05, 0.1) is 50.2 Å². The van der Waals surface area contributed by atoms with Gasteiger partial charge in [-0.15, -0.1) is 0 Å². The van der Waals surface area contributed by atoms with Crippen LogP contribution in [0.3, 0.4) is 0 Å². The summed E-state index contributed by atoms with van der Waals surface area (Å²) in [5.41, 5.74) is 13.1. The summed E-state index contributed by atoms with van der Waals surface area (Å²) in [7, 11) is -9.39. The number of halogens is 2. The minimum atomic E-state index is -4.69. The van der Waals surface area contributed by atoms with Crippen molar-refractivity contribution in [3.05, 3.63) is 12.1 Å². The van der Waals surface area contributed by atoms with E-state index >= 15 is 0 Å². The van der Waals surface area contributed by atoms with Gasteiger partial charge in [0.2, 0.25) is 0 Å². The summed E-state index contributed by atoms with van der Waals surface area (Å²) < 4.78 is 67.6. The van der Waals surface area contributed by atoms with E-state index in [-0.39, 0.29) is 0 Å². The molecule has 12 nitrogen and oxygen atoms in total. The third-order valence-electron chi connectivity index (χ3n) is 1.95. The van der Waals surface area contributed by atoms with E-state index < -0.39 is 20.5 Å². The first kappa shape index (κ1) is 20.9. The highest BCUT2D eigenvalue weighted by atomic mass is 35.7. The van der Waals surface area contributed by atoms with E-state index in [1.807, 2.05) is 12.1 Å². The van der Waals surface area contributed by atoms with Crippen LogP contribution in [-0.4, -0.2) is 19.3 Å². The van der Waals surface area contributed by atoms with Crippen molar-refractivity contribution in [1.82, 2.24) is 9.97 Å². The Kier molecular flexibility index (Phi) is 6.82. The van der Waals surface area contributed by atoms with Crippen molar-refractivity contribution < 1.29 is 57.8 Å². The van der Waals surface area contributed by atoms with Gasteiger partial charge < -0.3 is 11.5 Å². The SMILES string of the molecule is Nc1nc2ccc3nc(N)sc3c2s1.[O-][Cl+3]([O-])([O-])O.[O-][Cl+3]([O-])([O-])O. The molecule has 0 radical (unpaired) electrons. The lowest BCUT2D eigenvalue weighted by atomic mass is 10.3. The van der Waals surface area contributed by atoms with Crippen LogP contribution in [0.4, 0.5) is 10.3 Å². The van der Waals surface area contributed by atoms with E-state index in [1.54, 1.807) is 0 Å². The number of aromatic nitrogens is 2. The number of fused-ring (bicyclic) bond motifs is 3. The highest BCUT2D eigenvalue weighted by Gasteiger charge is 2.09. The molecule has 3 rings (SSSR count). The molecule has 2 heterocycles. The van der Waals surface area contributed by atoms with Gasteiger partial charge in [-0.05, 0) is 12.1 Å². The summed E-state index contributed by atoms with van der Waals surface area (Å²) >= 11 is 2.95. The molecule has 3 aromatic rings. The lowest BCUT2D eigenvalue weighted by Gasteiger charge is -2.03. The summed E-state index contributed by atoms with van der Waals surface area (Å²) in [5.74, 6) is 0. The van der Waals surface area contributed by atoms with Crippen molar-refractivity contribution in [2.75, 3.05) is 11.5 Å². The fourth-order valence-electron chi connectivity index (χ4n) is 1.41. The maximum Gasteiger partial charge on any atom is 0.181 e. The lowest BCUT2D eigenvalue weighted by Crippen LogP contribution is -2.58. The minimum absolute atomic E-state index is 0.583. The third-order valence-corrected chi connectivity index (χ3v) is 3.91. The largest absolute Gasteiger partial charge is 0.375 e. The Bertz CT molecular complexity index is 734. The Labute approximate surface area is 144 Å². The summed E-state index contributed by atoms with van der Waals surface area (Å²) in [6.45, 7) is 0. The molecule has 134 valence electrons. The molecule has 0 unspecified atom stereocenters. The summed E-state index contributed by atoms with van der Waals surface area (Å²) in [5, 5.41) is 1.17. The summed E-state index contributed by atoms with van der Waals surface area (Å²) in [4.78, 5) is 8.41. The van der Waals surface area contributed by atoms with Gasteiger partial charge in [0.1, 0.15) is 0 Å². The van der Waals surface area contributed by atoms with E-state index in [1.165, 1.54) is 22.7 Å². The average Bonchev–Trinajstić information content (AvgIpc) is 2.85. The van der Waals surface area contributed by atoms with Crippen molar-refractivity contribution in [1.29, 1.82) is 0 Å². The van der Waals surface area contributed by atoms with Crippen LogP contribution in [0.25, 0.3) is 20.4 Å². The predicted octanol–water partition coefficient (Wildman–Crippen LogP) is -6.18. The van der Waals surface area contributed by atoms with Gasteiger partial charge in [0.15, 0.2) is 10.3 Å². The van der Waals surface area contributed by atoms with Gasteiger partial charge in [0, 0.05) is 0 Å². The number of nitrogens with zero attached hydrogens (tertiary/aromatic N) is 2. The molecule has 24 heavy (non-hydrogen) atoms. The molecule has 0 saturated carbocycles. The van der Waals surface area contributed by atoms with Crippen LogP contribution in [0, 0.1) is 20.5 Å². The van der Waals surface area contributed by atoms with Crippen LogP contribution >= 0.6 is 22.7 Å². The van der Waals surface area contributed by atoms with E-state index in [0.717, 1.165) is 20.4 Å². The van der Waals surface area contributed by atoms with Crippen LogP contribution in [0.1, 0.15) is 0 Å². The standard InChI is InChI=1S/C8H6N4S2.2ClHO4/c9-7-11-3-1-2-4-6(5(3)13-7)14-8(10)12-4;2*2-1(3,4)5/h1-2H,(H2,9,11)(H2,10,12);2*(H,2,3,4,5). The fraction of sp³-hybridized carbons (Fsp3) is 0. The number of nitrogens with two attached hydrogens (primary N) is 2. The molecule has 0 aliphatic heterocycles. The highest BCUT2D eigenvalue weighted by Crippen LogP contribution is 2.35. The average molecular weight is 423 g/mol. The Morgan fingerprint density at radius 2 is 1.00 bits per heavy atom. The second-order valence-corrected chi connectivity index (χ2v) is 7.30. The predicted molar refractivity (Wildman–Crippen MR) is 66.1 cm³/mol. The van der Waals surface area contributed by atoms with Crippen LogP contribution < -0.4 is 39.4 Å². The van der Waals surface area contributed by atoms with Gasteiger partial charge in [-0.2, -0.15) is 28.0 Å². The molecule has 2 aromatic heterocycles.